The number of halogens is 1. The molecule has 1 heterocycles. The summed E-state index contributed by atoms with van der Waals surface area (Å²) in [5, 5.41) is 0. The molecule has 28 heavy (non-hydrogen) atoms. The summed E-state index contributed by atoms with van der Waals surface area (Å²) in [5.74, 6) is -1.62. The minimum atomic E-state index is -3.38. The van der Waals surface area contributed by atoms with Crippen LogP contribution in [0.3, 0.4) is 0 Å². The number of sulfone groups is 1. The molecule has 3 rings (SSSR count). The van der Waals surface area contributed by atoms with Crippen LogP contribution in [0, 0.1) is 5.82 Å². The predicted octanol–water partition coefficient (Wildman–Crippen LogP) is 2.16. The van der Waals surface area contributed by atoms with Crippen LogP contribution in [-0.2, 0) is 25.9 Å². The van der Waals surface area contributed by atoms with Crippen LogP contribution in [0.4, 0.5) is 4.39 Å². The van der Waals surface area contributed by atoms with Crippen molar-refractivity contribution in [2.24, 2.45) is 4.99 Å². The van der Waals surface area contributed by atoms with Crippen molar-refractivity contribution in [1.29, 1.82) is 0 Å². The van der Waals surface area contributed by atoms with Gasteiger partial charge in [0.2, 0.25) is 0 Å². The molecule has 0 N–H and O–H groups in total. The third-order valence-corrected chi connectivity index (χ3v) is 6.06. The lowest BCUT2D eigenvalue weighted by atomic mass is 10.2. The molecule has 2 aromatic carbocycles. The fourth-order valence-corrected chi connectivity index (χ4v) is 4.16. The van der Waals surface area contributed by atoms with Gasteiger partial charge in [0.25, 0.3) is 5.91 Å². The molecule has 1 aromatic heterocycles. The molecular weight excluding hydrogens is 407 g/mol. The molecule has 146 valence electrons. The minimum absolute atomic E-state index is 0.0853. The maximum atomic E-state index is 13.5. The Labute approximate surface area is 163 Å². The summed E-state index contributed by atoms with van der Waals surface area (Å²) in [5.41, 5.74) is 0.719. The number of rotatable bonds is 4. The summed E-state index contributed by atoms with van der Waals surface area (Å²) < 4.78 is 43.2. The molecule has 0 unspecified atom stereocenters. The number of carbonyl (C=O) groups is 2. The second-order valence-corrected chi connectivity index (χ2v) is 8.90. The number of benzene rings is 2. The lowest BCUT2D eigenvalue weighted by Gasteiger charge is -2.03. The van der Waals surface area contributed by atoms with E-state index >= 15 is 0 Å². The van der Waals surface area contributed by atoms with Crippen molar-refractivity contribution in [3.63, 3.8) is 0 Å². The zero-order chi connectivity index (χ0) is 20.5. The van der Waals surface area contributed by atoms with E-state index in [2.05, 4.69) is 9.73 Å². The van der Waals surface area contributed by atoms with Crippen LogP contribution in [0.15, 0.2) is 52.4 Å². The average molecular weight is 422 g/mol. The van der Waals surface area contributed by atoms with Crippen LogP contribution < -0.4 is 4.80 Å². The third-order valence-electron chi connectivity index (χ3n) is 3.89. The van der Waals surface area contributed by atoms with E-state index in [1.165, 1.54) is 54.1 Å². The molecule has 3 aromatic rings. The zero-order valence-electron chi connectivity index (χ0n) is 14.9. The summed E-state index contributed by atoms with van der Waals surface area (Å²) in [4.78, 5) is 28.6. The summed E-state index contributed by atoms with van der Waals surface area (Å²) in [6.45, 7) is -0.193. The zero-order valence-corrected chi connectivity index (χ0v) is 16.5. The van der Waals surface area contributed by atoms with E-state index in [1.807, 2.05) is 0 Å². The number of hydrogen-bond acceptors (Lipinski definition) is 6. The molecule has 7 nitrogen and oxygen atoms in total. The average Bonchev–Trinajstić information content (AvgIpc) is 2.97. The second kappa shape index (κ2) is 7.64. The molecule has 10 heteroatoms. The fraction of sp³-hybridized carbons (Fsp3) is 0.167. The summed E-state index contributed by atoms with van der Waals surface area (Å²) >= 11 is 1.05. The molecule has 0 fully saturated rings. The molecule has 0 bridgehead atoms. The first-order valence-electron chi connectivity index (χ1n) is 7.94. The normalized spacial score (nSPS) is 12.3. The highest BCUT2D eigenvalue weighted by Crippen LogP contribution is 2.19. The van der Waals surface area contributed by atoms with Crippen molar-refractivity contribution in [3.8, 4) is 0 Å². The molecule has 0 aliphatic rings. The van der Waals surface area contributed by atoms with Crippen molar-refractivity contribution in [2.45, 2.75) is 11.4 Å². The van der Waals surface area contributed by atoms with Gasteiger partial charge in [-0.05, 0) is 42.5 Å². The van der Waals surface area contributed by atoms with E-state index in [9.17, 15) is 22.4 Å². The maximum absolute atomic E-state index is 13.5. The Morgan fingerprint density at radius 2 is 1.86 bits per heavy atom. The van der Waals surface area contributed by atoms with E-state index in [4.69, 9.17) is 0 Å². The maximum Gasteiger partial charge on any atom is 0.325 e. The first-order valence-corrected chi connectivity index (χ1v) is 10.6. The van der Waals surface area contributed by atoms with Crippen LogP contribution in [-0.4, -0.2) is 38.2 Å². The van der Waals surface area contributed by atoms with Gasteiger partial charge in [-0.25, -0.2) is 12.8 Å². The molecule has 0 atom stereocenters. The van der Waals surface area contributed by atoms with E-state index in [0.29, 0.717) is 10.2 Å². The van der Waals surface area contributed by atoms with E-state index < -0.39 is 27.5 Å². The molecule has 0 aliphatic carbocycles. The van der Waals surface area contributed by atoms with Gasteiger partial charge in [0, 0.05) is 11.8 Å². The van der Waals surface area contributed by atoms with Crippen molar-refractivity contribution in [3.05, 3.63) is 58.6 Å². The molecule has 0 spiro atoms. The standard InChI is InChI=1S/C18H15FN2O5S2/c1-26-16(22)10-21-14-8-5-12(19)9-15(14)27-18(21)20-17(23)11-3-6-13(7-4-11)28(2,24)25/h3-9H,10H2,1-2H3. The Morgan fingerprint density at radius 3 is 2.46 bits per heavy atom. The number of esters is 1. The number of fused-ring (bicyclic) bond motifs is 1. The Balaban J connectivity index is 2.08. The minimum Gasteiger partial charge on any atom is -0.468 e. The van der Waals surface area contributed by atoms with E-state index in [1.54, 1.807) is 0 Å². The molecule has 0 radical (unpaired) electrons. The lowest BCUT2D eigenvalue weighted by Crippen LogP contribution is -2.22. The summed E-state index contributed by atoms with van der Waals surface area (Å²) in [6, 6.07) is 9.40. The summed E-state index contributed by atoms with van der Waals surface area (Å²) in [7, 11) is -2.14. The van der Waals surface area contributed by atoms with Gasteiger partial charge in [-0.15, -0.1) is 0 Å². The first kappa shape index (κ1) is 19.9. The van der Waals surface area contributed by atoms with Gasteiger partial charge in [-0.3, -0.25) is 9.59 Å². The van der Waals surface area contributed by atoms with Gasteiger partial charge in [-0.2, -0.15) is 4.99 Å². The number of amides is 1. The van der Waals surface area contributed by atoms with Gasteiger partial charge in [0.05, 0.1) is 22.2 Å². The van der Waals surface area contributed by atoms with Crippen LogP contribution in [0.2, 0.25) is 0 Å². The number of nitrogens with zero attached hydrogens (tertiary/aromatic N) is 2. The first-order chi connectivity index (χ1) is 13.2. The lowest BCUT2D eigenvalue weighted by molar-refractivity contribution is -0.141. The van der Waals surface area contributed by atoms with Crippen LogP contribution in [0.25, 0.3) is 10.2 Å². The van der Waals surface area contributed by atoms with Crippen molar-refractivity contribution >= 4 is 43.3 Å². The van der Waals surface area contributed by atoms with Crippen molar-refractivity contribution in [1.82, 2.24) is 4.57 Å². The van der Waals surface area contributed by atoms with Gasteiger partial charge in [0.1, 0.15) is 12.4 Å². The van der Waals surface area contributed by atoms with Gasteiger partial charge < -0.3 is 9.30 Å². The van der Waals surface area contributed by atoms with Gasteiger partial charge in [0.15, 0.2) is 14.6 Å². The number of hydrogen-bond donors (Lipinski definition) is 0. The smallest absolute Gasteiger partial charge is 0.325 e. The largest absolute Gasteiger partial charge is 0.468 e. The van der Waals surface area contributed by atoms with Crippen molar-refractivity contribution in [2.75, 3.05) is 13.4 Å². The molecule has 0 aliphatic heterocycles. The Kier molecular flexibility index (Phi) is 5.43. The SMILES string of the molecule is COC(=O)Cn1c(=NC(=O)c2ccc(S(C)(=O)=O)cc2)sc2cc(F)ccc21. The molecular formula is C18H15FN2O5S2. The van der Waals surface area contributed by atoms with Crippen LogP contribution in [0.5, 0.6) is 0 Å². The number of thiazole rings is 1. The predicted molar refractivity (Wildman–Crippen MR) is 101 cm³/mol. The highest BCUT2D eigenvalue weighted by atomic mass is 32.2. The number of carbonyl (C=O) groups excluding carboxylic acids is 2. The monoisotopic (exact) mass is 422 g/mol. The van der Waals surface area contributed by atoms with E-state index in [-0.39, 0.29) is 21.8 Å². The fourth-order valence-electron chi connectivity index (χ4n) is 2.47. The molecule has 1 amide bonds. The molecule has 0 saturated heterocycles. The van der Waals surface area contributed by atoms with Crippen LogP contribution >= 0.6 is 11.3 Å². The summed E-state index contributed by atoms with van der Waals surface area (Å²) in [6.07, 6.45) is 1.07. The highest BCUT2D eigenvalue weighted by Gasteiger charge is 2.14. The van der Waals surface area contributed by atoms with Gasteiger partial charge in [-0.1, -0.05) is 11.3 Å². The number of aromatic nitrogens is 1. The topological polar surface area (TPSA) is 94.8 Å². The Hall–Kier alpha value is -2.85. The number of methoxy groups -OCH3 is 1. The van der Waals surface area contributed by atoms with Crippen molar-refractivity contribution < 1.29 is 27.1 Å². The Morgan fingerprint density at radius 1 is 1.18 bits per heavy atom. The highest BCUT2D eigenvalue weighted by molar-refractivity contribution is 7.90. The van der Waals surface area contributed by atoms with Gasteiger partial charge >= 0.3 is 5.97 Å². The molecule has 0 saturated carbocycles. The third kappa shape index (κ3) is 4.18. The van der Waals surface area contributed by atoms with Crippen LogP contribution in [0.1, 0.15) is 10.4 Å². The Bertz CT molecular complexity index is 1240. The number of ether oxygens (including phenoxy) is 1. The quantitative estimate of drug-likeness (QED) is 0.601. The van der Waals surface area contributed by atoms with E-state index in [0.717, 1.165) is 17.6 Å². The second-order valence-electron chi connectivity index (χ2n) is 5.87.